The molecule has 3 rings (SSSR count). The number of aliphatic hydroxyl groups is 1. The zero-order chi connectivity index (χ0) is 13.2. The number of hydrogen-bond donors (Lipinski definition) is 3. The largest absolute Gasteiger partial charge is 0.394 e. The van der Waals surface area contributed by atoms with Gasteiger partial charge in [-0.05, 0) is 30.9 Å². The maximum atomic E-state index is 11.7. The molecule has 1 amide bonds. The lowest BCUT2D eigenvalue weighted by molar-refractivity contribution is -0.123. The molecule has 3 N–H and O–H groups in total. The first-order valence-corrected chi connectivity index (χ1v) is 6.74. The number of rotatable bonds is 5. The Balaban J connectivity index is 1.72. The van der Waals surface area contributed by atoms with E-state index >= 15 is 0 Å². The van der Waals surface area contributed by atoms with Gasteiger partial charge in [-0.15, -0.1) is 0 Å². The molecule has 1 aromatic heterocycles. The van der Waals surface area contributed by atoms with Crippen molar-refractivity contribution in [1.29, 1.82) is 0 Å². The number of aromatic nitrogens is 1. The van der Waals surface area contributed by atoms with Crippen LogP contribution in [0.2, 0.25) is 0 Å². The van der Waals surface area contributed by atoms with E-state index < -0.39 is 0 Å². The highest BCUT2D eigenvalue weighted by Gasteiger charge is 2.30. The van der Waals surface area contributed by atoms with Crippen LogP contribution < -0.4 is 5.32 Å². The van der Waals surface area contributed by atoms with Crippen molar-refractivity contribution in [3.05, 3.63) is 36.0 Å². The number of para-hydroxylation sites is 1. The average Bonchev–Trinajstić information content (AvgIpc) is 3.21. The van der Waals surface area contributed by atoms with E-state index in [4.69, 9.17) is 0 Å². The summed E-state index contributed by atoms with van der Waals surface area (Å²) in [7, 11) is 0. The summed E-state index contributed by atoms with van der Waals surface area (Å²) >= 11 is 0. The van der Waals surface area contributed by atoms with Crippen LogP contribution in [0, 0.1) is 5.92 Å². The van der Waals surface area contributed by atoms with E-state index in [1.165, 1.54) is 0 Å². The fraction of sp³-hybridized carbons (Fsp3) is 0.400. The third kappa shape index (κ3) is 2.63. The maximum absolute atomic E-state index is 11.7. The smallest absolute Gasteiger partial charge is 0.223 e. The zero-order valence-electron chi connectivity index (χ0n) is 10.7. The van der Waals surface area contributed by atoms with E-state index in [2.05, 4.69) is 16.4 Å². The molecule has 1 saturated carbocycles. The SMILES string of the molecule is O=C(N[C@H](CO)Cc1c[nH]c2ccccc12)C1CC1. The Kier molecular flexibility index (Phi) is 3.25. The fourth-order valence-corrected chi connectivity index (χ4v) is 2.39. The Morgan fingerprint density at radius 2 is 2.21 bits per heavy atom. The number of carbonyl (C=O) groups excluding carboxylic acids is 1. The van der Waals surface area contributed by atoms with Gasteiger partial charge in [0, 0.05) is 23.0 Å². The van der Waals surface area contributed by atoms with Crippen molar-refractivity contribution in [1.82, 2.24) is 10.3 Å². The third-order valence-electron chi connectivity index (χ3n) is 3.66. The van der Waals surface area contributed by atoms with Crippen LogP contribution >= 0.6 is 0 Å². The number of fused-ring (bicyclic) bond motifs is 1. The molecular weight excluding hydrogens is 240 g/mol. The van der Waals surface area contributed by atoms with Gasteiger partial charge in [-0.2, -0.15) is 0 Å². The second-order valence-corrected chi connectivity index (χ2v) is 5.23. The molecule has 0 unspecified atom stereocenters. The van der Waals surface area contributed by atoms with Gasteiger partial charge in [0.2, 0.25) is 5.91 Å². The molecule has 4 heteroatoms. The first-order chi connectivity index (χ1) is 9.28. The number of aliphatic hydroxyl groups excluding tert-OH is 1. The average molecular weight is 258 g/mol. The standard InChI is InChI=1S/C15H18N2O2/c18-9-12(17-15(19)10-5-6-10)7-11-8-16-14-4-2-1-3-13(11)14/h1-4,8,10,12,16,18H,5-7,9H2,(H,17,19)/t12-/m0/s1. The molecule has 1 aromatic carbocycles. The molecule has 1 atom stereocenters. The second-order valence-electron chi connectivity index (χ2n) is 5.23. The van der Waals surface area contributed by atoms with Gasteiger partial charge in [0.15, 0.2) is 0 Å². The lowest BCUT2D eigenvalue weighted by atomic mass is 10.1. The molecule has 0 bridgehead atoms. The maximum Gasteiger partial charge on any atom is 0.223 e. The van der Waals surface area contributed by atoms with E-state index in [-0.39, 0.29) is 24.5 Å². The Morgan fingerprint density at radius 3 is 2.95 bits per heavy atom. The molecule has 0 aliphatic heterocycles. The summed E-state index contributed by atoms with van der Waals surface area (Å²) in [5.41, 5.74) is 2.22. The quantitative estimate of drug-likeness (QED) is 0.762. The molecule has 100 valence electrons. The van der Waals surface area contributed by atoms with Crippen molar-refractivity contribution >= 4 is 16.8 Å². The third-order valence-corrected chi connectivity index (χ3v) is 3.66. The Morgan fingerprint density at radius 1 is 1.42 bits per heavy atom. The monoisotopic (exact) mass is 258 g/mol. The van der Waals surface area contributed by atoms with Gasteiger partial charge in [0.1, 0.15) is 0 Å². The lowest BCUT2D eigenvalue weighted by Crippen LogP contribution is -2.39. The van der Waals surface area contributed by atoms with Crippen LogP contribution in [0.5, 0.6) is 0 Å². The minimum absolute atomic E-state index is 0.0298. The Labute approximate surface area is 111 Å². The number of nitrogens with one attached hydrogen (secondary N) is 2. The molecule has 0 radical (unpaired) electrons. The van der Waals surface area contributed by atoms with Crippen LogP contribution in [0.15, 0.2) is 30.5 Å². The number of carbonyl (C=O) groups is 1. The van der Waals surface area contributed by atoms with Gasteiger partial charge in [-0.25, -0.2) is 0 Å². The summed E-state index contributed by atoms with van der Waals surface area (Å²) in [5.74, 6) is 0.260. The van der Waals surface area contributed by atoms with Crippen molar-refractivity contribution in [2.24, 2.45) is 5.92 Å². The minimum Gasteiger partial charge on any atom is -0.394 e. The number of H-pyrrole nitrogens is 1. The van der Waals surface area contributed by atoms with E-state index in [0.717, 1.165) is 29.3 Å². The molecule has 1 aliphatic rings. The Bertz CT molecular complexity index is 587. The highest BCUT2D eigenvalue weighted by atomic mass is 16.3. The van der Waals surface area contributed by atoms with Crippen LogP contribution in [0.3, 0.4) is 0 Å². The summed E-state index contributed by atoms with van der Waals surface area (Å²) in [4.78, 5) is 14.9. The molecular formula is C15H18N2O2. The molecule has 0 spiro atoms. The molecule has 4 nitrogen and oxygen atoms in total. The van der Waals surface area contributed by atoms with Crippen molar-refractivity contribution < 1.29 is 9.90 Å². The van der Waals surface area contributed by atoms with Crippen LogP contribution in [-0.4, -0.2) is 28.6 Å². The summed E-state index contributed by atoms with van der Waals surface area (Å²) in [5, 5.41) is 13.5. The van der Waals surface area contributed by atoms with Gasteiger partial charge >= 0.3 is 0 Å². The van der Waals surface area contributed by atoms with Crippen LogP contribution in [-0.2, 0) is 11.2 Å². The van der Waals surface area contributed by atoms with Gasteiger partial charge in [0.05, 0.1) is 12.6 Å². The second kappa shape index (κ2) is 5.05. The van der Waals surface area contributed by atoms with Crippen molar-refractivity contribution in [3.63, 3.8) is 0 Å². The van der Waals surface area contributed by atoms with Crippen molar-refractivity contribution in [2.45, 2.75) is 25.3 Å². The molecule has 1 heterocycles. The Hall–Kier alpha value is -1.81. The van der Waals surface area contributed by atoms with Crippen molar-refractivity contribution in [2.75, 3.05) is 6.61 Å². The van der Waals surface area contributed by atoms with E-state index in [1.54, 1.807) is 0 Å². The number of aromatic amines is 1. The lowest BCUT2D eigenvalue weighted by Gasteiger charge is -2.15. The summed E-state index contributed by atoms with van der Waals surface area (Å²) in [6.45, 7) is -0.0298. The van der Waals surface area contributed by atoms with Gasteiger partial charge < -0.3 is 15.4 Å². The predicted molar refractivity (Wildman–Crippen MR) is 73.7 cm³/mol. The van der Waals surface area contributed by atoms with Gasteiger partial charge in [-0.3, -0.25) is 4.79 Å². The summed E-state index contributed by atoms with van der Waals surface area (Å²) < 4.78 is 0. The molecule has 0 saturated heterocycles. The topological polar surface area (TPSA) is 65.1 Å². The zero-order valence-corrected chi connectivity index (χ0v) is 10.7. The van der Waals surface area contributed by atoms with Crippen molar-refractivity contribution in [3.8, 4) is 0 Å². The predicted octanol–water partition coefficient (Wildman–Crippen LogP) is 1.60. The summed E-state index contributed by atoms with van der Waals surface area (Å²) in [6, 6.07) is 7.86. The van der Waals surface area contributed by atoms with Crippen LogP contribution in [0.1, 0.15) is 18.4 Å². The molecule has 2 aromatic rings. The van der Waals surface area contributed by atoms with Gasteiger partial charge in [-0.1, -0.05) is 18.2 Å². The normalized spacial score (nSPS) is 16.5. The van der Waals surface area contributed by atoms with Crippen LogP contribution in [0.4, 0.5) is 0 Å². The summed E-state index contributed by atoms with van der Waals surface area (Å²) in [6.07, 6.45) is 4.57. The van der Waals surface area contributed by atoms with E-state index in [0.29, 0.717) is 6.42 Å². The van der Waals surface area contributed by atoms with E-state index in [9.17, 15) is 9.90 Å². The highest BCUT2D eigenvalue weighted by molar-refractivity contribution is 5.83. The number of benzene rings is 1. The van der Waals surface area contributed by atoms with Crippen LogP contribution in [0.25, 0.3) is 10.9 Å². The number of hydrogen-bond acceptors (Lipinski definition) is 2. The molecule has 1 aliphatic carbocycles. The first-order valence-electron chi connectivity index (χ1n) is 6.74. The molecule has 1 fully saturated rings. The highest BCUT2D eigenvalue weighted by Crippen LogP contribution is 2.29. The van der Waals surface area contributed by atoms with E-state index in [1.807, 2.05) is 24.4 Å². The van der Waals surface area contributed by atoms with Gasteiger partial charge in [0.25, 0.3) is 0 Å². The number of amides is 1. The fourth-order valence-electron chi connectivity index (χ4n) is 2.39. The minimum atomic E-state index is -0.202. The molecule has 19 heavy (non-hydrogen) atoms. The first kappa shape index (κ1) is 12.2.